The molecule has 1 unspecified atom stereocenters. The second kappa shape index (κ2) is 5.86. The van der Waals surface area contributed by atoms with Gasteiger partial charge in [-0.15, -0.1) is 0 Å². The van der Waals surface area contributed by atoms with Crippen LogP contribution in [0.15, 0.2) is 12.4 Å². The molecule has 1 rings (SSSR count). The molecule has 1 aromatic heterocycles. The molecule has 1 heterocycles. The van der Waals surface area contributed by atoms with Crippen LogP contribution in [0.5, 0.6) is 0 Å². The summed E-state index contributed by atoms with van der Waals surface area (Å²) in [5.74, 6) is 0.922. The highest BCUT2D eigenvalue weighted by molar-refractivity contribution is 7.99. The predicted octanol–water partition coefficient (Wildman–Crippen LogP) is 2.34. The molecule has 0 amide bonds. The Morgan fingerprint density at radius 2 is 2.29 bits per heavy atom. The lowest BCUT2D eigenvalue weighted by atomic mass is 10.3. The van der Waals surface area contributed by atoms with Crippen molar-refractivity contribution in [3.8, 4) is 0 Å². The second-order valence-corrected chi connectivity index (χ2v) is 4.58. The van der Waals surface area contributed by atoms with Crippen molar-refractivity contribution in [2.45, 2.75) is 25.5 Å². The average Bonchev–Trinajstić information content (AvgIpc) is 2.17. The van der Waals surface area contributed by atoms with E-state index in [-0.39, 0.29) is 0 Å². The van der Waals surface area contributed by atoms with Gasteiger partial charge in [0.25, 0.3) is 0 Å². The molecular formula is C10H17N3S. The first-order chi connectivity index (χ1) is 6.72. The Hall–Kier alpha value is -0.770. The molecule has 78 valence electrons. The van der Waals surface area contributed by atoms with E-state index in [1.54, 1.807) is 6.33 Å². The summed E-state index contributed by atoms with van der Waals surface area (Å²) in [5.41, 5.74) is 1.00. The normalized spacial score (nSPS) is 12.5. The molecule has 14 heavy (non-hydrogen) atoms. The van der Waals surface area contributed by atoms with E-state index in [0.29, 0.717) is 5.25 Å². The van der Waals surface area contributed by atoms with Gasteiger partial charge >= 0.3 is 0 Å². The predicted molar refractivity (Wildman–Crippen MR) is 62.9 cm³/mol. The minimum absolute atomic E-state index is 0.699. The first-order valence-corrected chi connectivity index (χ1v) is 6.06. The van der Waals surface area contributed by atoms with Crippen LogP contribution in [0.2, 0.25) is 0 Å². The van der Waals surface area contributed by atoms with Crippen LogP contribution in [0.25, 0.3) is 0 Å². The molecule has 0 aliphatic rings. The van der Waals surface area contributed by atoms with Gasteiger partial charge < -0.3 is 5.32 Å². The fraction of sp³-hybridized carbons (Fsp3) is 0.600. The molecule has 1 atom stereocenters. The zero-order valence-corrected chi connectivity index (χ0v) is 9.77. The molecule has 1 N–H and O–H groups in total. The molecule has 1 aromatic rings. The van der Waals surface area contributed by atoms with Gasteiger partial charge in [-0.25, -0.2) is 9.97 Å². The van der Waals surface area contributed by atoms with Crippen molar-refractivity contribution in [2.75, 3.05) is 18.1 Å². The van der Waals surface area contributed by atoms with Gasteiger partial charge in [0, 0.05) is 23.6 Å². The van der Waals surface area contributed by atoms with E-state index in [9.17, 15) is 0 Å². The largest absolute Gasteiger partial charge is 0.370 e. The van der Waals surface area contributed by atoms with E-state index in [4.69, 9.17) is 0 Å². The monoisotopic (exact) mass is 211 g/mol. The topological polar surface area (TPSA) is 37.8 Å². The molecule has 0 aliphatic heterocycles. The Bertz CT molecular complexity index is 278. The maximum absolute atomic E-state index is 4.13. The van der Waals surface area contributed by atoms with Crippen molar-refractivity contribution in [2.24, 2.45) is 0 Å². The maximum Gasteiger partial charge on any atom is 0.129 e. The highest BCUT2D eigenvalue weighted by Gasteiger charge is 1.99. The van der Waals surface area contributed by atoms with Gasteiger partial charge in [-0.05, 0) is 19.6 Å². The number of anilines is 1. The molecule has 3 nitrogen and oxygen atoms in total. The number of rotatable bonds is 5. The Labute approximate surface area is 89.7 Å². The number of nitrogens with zero attached hydrogens (tertiary/aromatic N) is 2. The summed E-state index contributed by atoms with van der Waals surface area (Å²) in [6.07, 6.45) is 4.89. The number of aryl methyl sites for hydroxylation is 1. The Morgan fingerprint density at radius 3 is 2.93 bits per heavy atom. The van der Waals surface area contributed by atoms with Crippen LogP contribution in [0, 0.1) is 6.92 Å². The summed E-state index contributed by atoms with van der Waals surface area (Å²) in [6, 6.07) is 1.96. The first kappa shape index (κ1) is 11.3. The first-order valence-electron chi connectivity index (χ1n) is 4.77. The summed E-state index contributed by atoms with van der Waals surface area (Å²) in [5, 5.41) is 3.99. The molecule has 0 saturated heterocycles. The Balaban J connectivity index is 2.31. The summed E-state index contributed by atoms with van der Waals surface area (Å²) in [6.45, 7) is 5.17. The van der Waals surface area contributed by atoms with Gasteiger partial charge in [-0.3, -0.25) is 0 Å². The quantitative estimate of drug-likeness (QED) is 0.811. The van der Waals surface area contributed by atoms with Gasteiger partial charge in [0.1, 0.15) is 12.1 Å². The van der Waals surface area contributed by atoms with Crippen molar-refractivity contribution >= 4 is 17.6 Å². The minimum Gasteiger partial charge on any atom is -0.370 e. The third kappa shape index (κ3) is 3.96. The highest BCUT2D eigenvalue weighted by atomic mass is 32.2. The standard InChI is InChI=1S/C10H17N3S/c1-8-6-10(13-7-12-8)11-5-4-9(2)14-3/h6-7,9H,4-5H2,1-3H3,(H,11,12,13). The number of hydrogen-bond acceptors (Lipinski definition) is 4. The van der Waals surface area contributed by atoms with Crippen molar-refractivity contribution in [3.05, 3.63) is 18.1 Å². The van der Waals surface area contributed by atoms with Gasteiger partial charge in [-0.2, -0.15) is 11.8 Å². The third-order valence-corrected chi connectivity index (χ3v) is 3.10. The summed E-state index contributed by atoms with van der Waals surface area (Å²) in [7, 11) is 0. The molecule has 0 aromatic carbocycles. The van der Waals surface area contributed by atoms with Crippen LogP contribution in [0.1, 0.15) is 19.0 Å². The second-order valence-electron chi connectivity index (χ2n) is 3.31. The van der Waals surface area contributed by atoms with Crippen LogP contribution >= 0.6 is 11.8 Å². The van der Waals surface area contributed by atoms with Gasteiger partial charge in [0.2, 0.25) is 0 Å². The lowest BCUT2D eigenvalue weighted by Crippen LogP contribution is -2.08. The average molecular weight is 211 g/mol. The highest BCUT2D eigenvalue weighted by Crippen LogP contribution is 2.10. The fourth-order valence-corrected chi connectivity index (χ4v) is 1.43. The van der Waals surface area contributed by atoms with Crippen LogP contribution in [-0.4, -0.2) is 28.0 Å². The van der Waals surface area contributed by atoms with E-state index in [0.717, 1.165) is 24.5 Å². The maximum atomic E-state index is 4.13. The molecule has 0 fully saturated rings. The van der Waals surface area contributed by atoms with E-state index < -0.39 is 0 Å². The lowest BCUT2D eigenvalue weighted by Gasteiger charge is -2.09. The fourth-order valence-electron chi connectivity index (χ4n) is 1.07. The summed E-state index contributed by atoms with van der Waals surface area (Å²) < 4.78 is 0. The Kier molecular flexibility index (Phi) is 4.73. The zero-order valence-electron chi connectivity index (χ0n) is 8.95. The molecule has 0 radical (unpaired) electrons. The lowest BCUT2D eigenvalue weighted by molar-refractivity contribution is 0.848. The molecule has 0 bridgehead atoms. The van der Waals surface area contributed by atoms with Gasteiger partial charge in [0.15, 0.2) is 0 Å². The van der Waals surface area contributed by atoms with Crippen molar-refractivity contribution in [1.82, 2.24) is 9.97 Å². The SMILES string of the molecule is CSC(C)CCNc1cc(C)ncn1. The van der Waals surface area contributed by atoms with Crippen LogP contribution < -0.4 is 5.32 Å². The third-order valence-electron chi connectivity index (χ3n) is 2.06. The molecule has 0 saturated carbocycles. The van der Waals surface area contributed by atoms with E-state index in [2.05, 4.69) is 28.5 Å². The zero-order chi connectivity index (χ0) is 10.4. The van der Waals surface area contributed by atoms with Crippen LogP contribution in [0.3, 0.4) is 0 Å². The van der Waals surface area contributed by atoms with Gasteiger partial charge in [-0.1, -0.05) is 6.92 Å². The van der Waals surface area contributed by atoms with Crippen molar-refractivity contribution in [1.29, 1.82) is 0 Å². The van der Waals surface area contributed by atoms with Crippen molar-refractivity contribution in [3.63, 3.8) is 0 Å². The summed E-state index contributed by atoms with van der Waals surface area (Å²) >= 11 is 1.89. The van der Waals surface area contributed by atoms with Crippen molar-refractivity contribution < 1.29 is 0 Å². The molecule has 4 heteroatoms. The van der Waals surface area contributed by atoms with E-state index >= 15 is 0 Å². The van der Waals surface area contributed by atoms with Gasteiger partial charge in [0.05, 0.1) is 0 Å². The Morgan fingerprint density at radius 1 is 1.50 bits per heavy atom. The smallest absolute Gasteiger partial charge is 0.129 e. The molecule has 0 spiro atoms. The van der Waals surface area contributed by atoms with E-state index in [1.807, 2.05) is 24.8 Å². The van der Waals surface area contributed by atoms with E-state index in [1.165, 1.54) is 0 Å². The minimum atomic E-state index is 0.699. The summed E-state index contributed by atoms with van der Waals surface area (Å²) in [4.78, 5) is 8.18. The van der Waals surface area contributed by atoms with Crippen LogP contribution in [-0.2, 0) is 0 Å². The number of hydrogen-bond donors (Lipinski definition) is 1. The van der Waals surface area contributed by atoms with Crippen LogP contribution in [0.4, 0.5) is 5.82 Å². The molecular weight excluding hydrogens is 194 g/mol. The number of aromatic nitrogens is 2. The number of nitrogens with one attached hydrogen (secondary N) is 1. The molecule has 0 aliphatic carbocycles. The number of thioether (sulfide) groups is 1.